The van der Waals surface area contributed by atoms with Crippen LogP contribution in [0.3, 0.4) is 0 Å². The van der Waals surface area contributed by atoms with E-state index in [0.717, 1.165) is 12.1 Å². The number of fused-ring (bicyclic) bond motifs is 4. The predicted molar refractivity (Wildman–Crippen MR) is 197 cm³/mol. The van der Waals surface area contributed by atoms with Crippen LogP contribution in [0.25, 0.3) is 22.0 Å². The minimum Gasteiger partial charge on any atom is -0.378 e. The van der Waals surface area contributed by atoms with Crippen molar-refractivity contribution in [1.82, 2.24) is 24.5 Å². The molecule has 1 saturated carbocycles. The van der Waals surface area contributed by atoms with E-state index in [2.05, 4.69) is 22.0 Å². The monoisotopic (exact) mass is 829 g/mol. The lowest BCUT2D eigenvalue weighted by atomic mass is 9.86. The second-order valence-electron chi connectivity index (χ2n) is 15.2. The summed E-state index contributed by atoms with van der Waals surface area (Å²) in [7, 11) is 3.00. The average molecular weight is 830 g/mol. The number of hydrogen-bond acceptors (Lipinski definition) is 7. The van der Waals surface area contributed by atoms with Gasteiger partial charge in [0, 0.05) is 60.6 Å². The molecule has 0 spiro atoms. The third kappa shape index (κ3) is 7.99. The number of pyridine rings is 1. The van der Waals surface area contributed by atoms with E-state index in [1.165, 1.54) is 31.7 Å². The highest BCUT2D eigenvalue weighted by Crippen LogP contribution is 2.68. The summed E-state index contributed by atoms with van der Waals surface area (Å²) in [6, 6.07) is 9.13. The van der Waals surface area contributed by atoms with Crippen molar-refractivity contribution < 1.29 is 50.2 Å². The van der Waals surface area contributed by atoms with Crippen LogP contribution in [0.15, 0.2) is 42.5 Å². The minimum absolute atomic E-state index is 0.0858. The Bertz CT molecular complexity index is 2530. The van der Waals surface area contributed by atoms with Gasteiger partial charge in [-0.2, -0.15) is 32.1 Å². The molecule has 3 heterocycles. The molecule has 9 nitrogen and oxygen atoms in total. The van der Waals surface area contributed by atoms with Crippen molar-refractivity contribution in [2.24, 2.45) is 13.0 Å². The molecule has 7 rings (SSSR count). The number of nitrogens with zero attached hydrogens (tertiary/aromatic N) is 5. The zero-order chi connectivity index (χ0) is 42.1. The van der Waals surface area contributed by atoms with E-state index in [1.807, 2.05) is 0 Å². The van der Waals surface area contributed by atoms with Crippen LogP contribution >= 0.6 is 11.6 Å². The largest absolute Gasteiger partial charge is 0.435 e. The molecule has 0 saturated heterocycles. The van der Waals surface area contributed by atoms with Gasteiger partial charge in [-0.25, -0.2) is 13.8 Å². The molecule has 3 aromatic heterocycles. The van der Waals surface area contributed by atoms with Gasteiger partial charge in [0.2, 0.25) is 0 Å². The Morgan fingerprint density at radius 2 is 1.74 bits per heavy atom. The fraction of sp³-hybridized carbons (Fsp3) is 0.390. The molecule has 304 valence electrons. The van der Waals surface area contributed by atoms with Gasteiger partial charge in [-0.05, 0) is 74.4 Å². The van der Waals surface area contributed by atoms with Crippen LogP contribution in [0.5, 0.6) is 0 Å². The first-order valence-corrected chi connectivity index (χ1v) is 18.5. The summed E-state index contributed by atoms with van der Waals surface area (Å²) in [6.45, 7) is 1.76. The van der Waals surface area contributed by atoms with Gasteiger partial charge in [0.25, 0.3) is 5.92 Å². The third-order valence-electron chi connectivity index (χ3n) is 10.2. The number of carbonyl (C=O) groups excluding carboxylic acids is 2. The molecule has 58 heavy (non-hydrogen) atoms. The second-order valence-corrected chi connectivity index (χ2v) is 15.6. The number of hydrogen-bond donors (Lipinski definition) is 1. The van der Waals surface area contributed by atoms with Crippen LogP contribution in [-0.2, 0) is 52.9 Å². The SMILES string of the molecule is COCC(=O)Cc1nn(C)c2c(-c3ccc(C#CC(C)(C)O)nc3[C@@H](CC(=O)Cn3nc(C(F)(F)F)c4c3C(F)(F)[C@@H]3C[C@H]43)Cc3cc(F)cc(F)c3)ccc(Cl)c12. The summed E-state index contributed by atoms with van der Waals surface area (Å²) in [5.74, 6) is -4.59. The molecule has 0 bridgehead atoms. The maximum Gasteiger partial charge on any atom is 0.435 e. The standard InChI is InChI=1S/C41H35ClF7N5O4/c1-39(2,57)10-9-24-5-6-27(28-7-8-31(42)34-32(16-26(56)19-58-4)51-53(3)36(28)34)35(50-24)21(11-20-12-22(43)15-23(44)13-20)14-25(55)18-54-38-33(37(52-54)41(47,48)49)29-17-30(29)40(38,45)46/h5-8,12-13,15,21,29-30,57H,11,14,16-19H2,1-4H3/t21-,29+,30-/m1/s1. The summed E-state index contributed by atoms with van der Waals surface area (Å²) in [5.41, 5.74) is -2.53. The lowest BCUT2D eigenvalue weighted by Crippen LogP contribution is -2.24. The van der Waals surface area contributed by atoms with Crippen molar-refractivity contribution in [3.63, 3.8) is 0 Å². The van der Waals surface area contributed by atoms with Crippen molar-refractivity contribution in [3.05, 3.63) is 98.7 Å². The van der Waals surface area contributed by atoms with Crippen molar-refractivity contribution in [1.29, 1.82) is 0 Å². The quantitative estimate of drug-likeness (QED) is 0.101. The van der Waals surface area contributed by atoms with Gasteiger partial charge >= 0.3 is 6.18 Å². The number of benzene rings is 2. The number of halogens is 8. The lowest BCUT2D eigenvalue weighted by molar-refractivity contribution is -0.142. The summed E-state index contributed by atoms with van der Waals surface area (Å²) < 4.78 is 109. The molecule has 3 atom stereocenters. The first-order valence-electron chi connectivity index (χ1n) is 18.1. The van der Waals surface area contributed by atoms with Crippen LogP contribution < -0.4 is 0 Å². The predicted octanol–water partition coefficient (Wildman–Crippen LogP) is 7.86. The Labute approximate surface area is 332 Å². The number of Topliss-reactive ketones (excluding diaryl/α,β-unsaturated/α-hetero) is 2. The maximum absolute atomic E-state index is 15.4. The van der Waals surface area contributed by atoms with E-state index >= 15 is 8.78 Å². The molecule has 2 aliphatic rings. The molecule has 2 aliphatic carbocycles. The molecule has 5 aromatic rings. The zero-order valence-corrected chi connectivity index (χ0v) is 32.2. The van der Waals surface area contributed by atoms with Crippen molar-refractivity contribution >= 4 is 34.1 Å². The van der Waals surface area contributed by atoms with Gasteiger partial charge in [0.05, 0.1) is 28.3 Å². The average Bonchev–Trinajstić information content (AvgIpc) is 3.65. The minimum atomic E-state index is -5.05. The lowest BCUT2D eigenvalue weighted by Gasteiger charge is -2.22. The highest BCUT2D eigenvalue weighted by atomic mass is 35.5. The van der Waals surface area contributed by atoms with Crippen LogP contribution in [0.2, 0.25) is 5.02 Å². The third-order valence-corrected chi connectivity index (χ3v) is 10.5. The van der Waals surface area contributed by atoms with Gasteiger partial charge in [0.15, 0.2) is 17.3 Å². The number of aromatic nitrogens is 5. The van der Waals surface area contributed by atoms with E-state index in [9.17, 15) is 36.6 Å². The van der Waals surface area contributed by atoms with E-state index in [4.69, 9.17) is 21.3 Å². The van der Waals surface area contributed by atoms with Gasteiger partial charge in [-0.3, -0.25) is 19.0 Å². The van der Waals surface area contributed by atoms with Gasteiger partial charge < -0.3 is 9.84 Å². The van der Waals surface area contributed by atoms with E-state index in [1.54, 1.807) is 25.2 Å². The Hall–Kier alpha value is -5.11. The van der Waals surface area contributed by atoms with Gasteiger partial charge in [-0.15, -0.1) is 0 Å². The molecule has 2 aromatic carbocycles. The van der Waals surface area contributed by atoms with Crippen LogP contribution in [0.4, 0.5) is 30.7 Å². The number of rotatable bonds is 12. The van der Waals surface area contributed by atoms with Crippen molar-refractivity contribution in [2.75, 3.05) is 13.7 Å². The number of ether oxygens (including phenoxy) is 1. The maximum atomic E-state index is 15.4. The molecule has 0 radical (unpaired) electrons. The fourth-order valence-corrected chi connectivity index (χ4v) is 8.14. The fourth-order valence-electron chi connectivity index (χ4n) is 7.88. The molecular weight excluding hydrogens is 795 g/mol. The number of methoxy groups -OCH3 is 1. The highest BCUT2D eigenvalue weighted by Gasteiger charge is 2.68. The molecular formula is C41H35ClF7N5O4. The Morgan fingerprint density at radius 1 is 1.05 bits per heavy atom. The molecule has 0 aliphatic heterocycles. The summed E-state index contributed by atoms with van der Waals surface area (Å²) >= 11 is 6.69. The number of carbonyl (C=O) groups is 2. The van der Waals surface area contributed by atoms with E-state index in [0.29, 0.717) is 38.5 Å². The molecule has 1 N–H and O–H groups in total. The Balaban J connectivity index is 1.38. The first kappa shape index (κ1) is 41.1. The number of ketones is 2. The second kappa shape index (κ2) is 14.9. The molecule has 0 amide bonds. The summed E-state index contributed by atoms with van der Waals surface area (Å²) in [5, 5.41) is 19.1. The van der Waals surface area contributed by atoms with Crippen LogP contribution in [0, 0.1) is 29.4 Å². The van der Waals surface area contributed by atoms with Crippen LogP contribution in [-0.4, -0.2) is 60.5 Å². The number of aliphatic hydroxyl groups is 1. The molecule has 0 unspecified atom stereocenters. The summed E-state index contributed by atoms with van der Waals surface area (Å²) in [6.07, 6.45) is -6.12. The normalized spacial score (nSPS) is 17.5. The Kier molecular flexibility index (Phi) is 10.6. The highest BCUT2D eigenvalue weighted by molar-refractivity contribution is 6.36. The molecule has 1 fully saturated rings. The van der Waals surface area contributed by atoms with Crippen LogP contribution in [0.1, 0.15) is 78.1 Å². The van der Waals surface area contributed by atoms with Gasteiger partial charge in [-0.1, -0.05) is 23.6 Å². The van der Waals surface area contributed by atoms with Gasteiger partial charge in [0.1, 0.15) is 41.8 Å². The first-order chi connectivity index (χ1) is 27.2. The number of alkyl halides is 5. The summed E-state index contributed by atoms with van der Waals surface area (Å²) in [4.78, 5) is 31.4. The van der Waals surface area contributed by atoms with E-state index in [-0.39, 0.29) is 53.6 Å². The van der Waals surface area contributed by atoms with E-state index < -0.39 is 82.8 Å². The zero-order valence-electron chi connectivity index (χ0n) is 31.4. The molecule has 17 heteroatoms. The smallest absolute Gasteiger partial charge is 0.378 e. The Morgan fingerprint density at radius 3 is 2.40 bits per heavy atom. The van der Waals surface area contributed by atoms with Crippen molar-refractivity contribution in [2.45, 2.75) is 75.6 Å². The topological polar surface area (TPSA) is 112 Å². The van der Waals surface area contributed by atoms with Crippen molar-refractivity contribution in [3.8, 4) is 23.0 Å². The number of aryl methyl sites for hydroxylation is 1.